The second kappa shape index (κ2) is 8.25. The van der Waals surface area contributed by atoms with Crippen LogP contribution in [0.1, 0.15) is 42.0 Å². The van der Waals surface area contributed by atoms with Crippen LogP contribution in [-0.4, -0.2) is 0 Å². The summed E-state index contributed by atoms with van der Waals surface area (Å²) in [5.41, 5.74) is 1.36. The van der Waals surface area contributed by atoms with Gasteiger partial charge in [0.1, 0.15) is 17.5 Å². The number of hydrogen-bond acceptors (Lipinski definition) is 0. The van der Waals surface area contributed by atoms with Gasteiger partial charge in [0.2, 0.25) is 0 Å². The normalized spacial score (nSPS) is 13.2. The second-order valence-corrected chi connectivity index (χ2v) is 7.60. The molecule has 0 unspecified atom stereocenters. The highest BCUT2D eigenvalue weighted by molar-refractivity contribution is 5.86. The van der Waals surface area contributed by atoms with E-state index in [1.54, 1.807) is 0 Å². The minimum absolute atomic E-state index is 0.0744. The van der Waals surface area contributed by atoms with Crippen molar-refractivity contribution in [3.8, 4) is 11.1 Å². The van der Waals surface area contributed by atoms with E-state index in [1.807, 2.05) is 6.92 Å². The van der Waals surface area contributed by atoms with E-state index in [1.165, 1.54) is 30.3 Å². The van der Waals surface area contributed by atoms with Crippen molar-refractivity contribution in [2.45, 2.75) is 32.6 Å². The SMILES string of the molecule is CCCc1cc(F)c(C2=Cc3ccc(-c4cc(F)c(F)c(F)c4)c(F)c3CC2)c(F)c1. The lowest BCUT2D eigenvalue weighted by molar-refractivity contribution is 0.447. The van der Waals surface area contributed by atoms with Crippen LogP contribution in [0.4, 0.5) is 26.3 Å². The van der Waals surface area contributed by atoms with Gasteiger partial charge in [-0.1, -0.05) is 31.6 Å². The van der Waals surface area contributed by atoms with Crippen LogP contribution in [-0.2, 0) is 12.8 Å². The van der Waals surface area contributed by atoms with Gasteiger partial charge in [-0.2, -0.15) is 0 Å². The monoisotopic (exact) mass is 432 g/mol. The standard InChI is InChI=1S/C25H18F6/c1-2-3-13-8-19(26)23(20(27)9-13)15-5-7-17-14(10-15)4-6-18(24(17)30)16-11-21(28)25(31)22(29)12-16/h4,6,8-12H,2-3,5,7H2,1H3. The first-order valence-corrected chi connectivity index (χ1v) is 9.95. The van der Waals surface area contributed by atoms with Crippen LogP contribution < -0.4 is 0 Å². The average molecular weight is 432 g/mol. The summed E-state index contributed by atoms with van der Waals surface area (Å²) in [6.45, 7) is 1.92. The van der Waals surface area contributed by atoms with E-state index in [2.05, 4.69) is 0 Å². The van der Waals surface area contributed by atoms with E-state index in [-0.39, 0.29) is 35.1 Å². The molecule has 4 rings (SSSR count). The van der Waals surface area contributed by atoms with Gasteiger partial charge in [0, 0.05) is 11.1 Å². The van der Waals surface area contributed by atoms with Gasteiger partial charge < -0.3 is 0 Å². The highest BCUT2D eigenvalue weighted by Gasteiger charge is 2.23. The molecule has 0 aliphatic heterocycles. The molecule has 0 radical (unpaired) electrons. The molecule has 6 heteroatoms. The van der Waals surface area contributed by atoms with Gasteiger partial charge in [0.05, 0.1) is 0 Å². The fourth-order valence-electron chi connectivity index (χ4n) is 4.04. The quantitative estimate of drug-likeness (QED) is 0.294. The Morgan fingerprint density at radius 1 is 0.742 bits per heavy atom. The van der Waals surface area contributed by atoms with Gasteiger partial charge in [0.25, 0.3) is 0 Å². The maximum atomic E-state index is 15.1. The molecule has 0 spiro atoms. The molecule has 3 aromatic rings. The van der Waals surface area contributed by atoms with Crippen LogP contribution in [0.2, 0.25) is 0 Å². The summed E-state index contributed by atoms with van der Waals surface area (Å²) in [4.78, 5) is 0. The Bertz CT molecular complexity index is 1160. The largest absolute Gasteiger partial charge is 0.206 e. The Labute approximate surface area is 175 Å². The van der Waals surface area contributed by atoms with E-state index in [4.69, 9.17) is 0 Å². The molecule has 1 aliphatic rings. The first-order chi connectivity index (χ1) is 14.8. The first-order valence-electron chi connectivity index (χ1n) is 9.95. The Kier molecular flexibility index (Phi) is 5.65. The highest BCUT2D eigenvalue weighted by Crippen LogP contribution is 2.37. The zero-order valence-electron chi connectivity index (χ0n) is 16.6. The summed E-state index contributed by atoms with van der Waals surface area (Å²) >= 11 is 0. The average Bonchev–Trinajstić information content (AvgIpc) is 2.71. The molecule has 0 nitrogen and oxygen atoms in total. The predicted molar refractivity (Wildman–Crippen MR) is 108 cm³/mol. The minimum Gasteiger partial charge on any atom is -0.206 e. The second-order valence-electron chi connectivity index (χ2n) is 7.60. The number of allylic oxidation sites excluding steroid dienone is 1. The van der Waals surface area contributed by atoms with Gasteiger partial charge in [0.15, 0.2) is 17.5 Å². The molecule has 0 fully saturated rings. The molecular formula is C25H18F6. The zero-order chi connectivity index (χ0) is 22.3. The van der Waals surface area contributed by atoms with Crippen molar-refractivity contribution in [3.63, 3.8) is 0 Å². The van der Waals surface area contributed by atoms with Gasteiger partial charge in [-0.25, -0.2) is 26.3 Å². The highest BCUT2D eigenvalue weighted by atomic mass is 19.2. The molecule has 0 heterocycles. The Morgan fingerprint density at radius 3 is 2.00 bits per heavy atom. The molecule has 0 bridgehead atoms. The van der Waals surface area contributed by atoms with Crippen molar-refractivity contribution in [3.05, 3.63) is 93.6 Å². The van der Waals surface area contributed by atoms with Crippen LogP contribution >= 0.6 is 0 Å². The molecule has 31 heavy (non-hydrogen) atoms. The summed E-state index contributed by atoms with van der Waals surface area (Å²) < 4.78 is 84.7. The van der Waals surface area contributed by atoms with Gasteiger partial charge in [-0.15, -0.1) is 0 Å². The van der Waals surface area contributed by atoms with Crippen LogP contribution in [0.15, 0.2) is 36.4 Å². The van der Waals surface area contributed by atoms with E-state index in [9.17, 15) is 22.0 Å². The smallest absolute Gasteiger partial charge is 0.194 e. The third-order valence-electron chi connectivity index (χ3n) is 5.51. The Balaban J connectivity index is 1.76. The zero-order valence-corrected chi connectivity index (χ0v) is 16.6. The third-order valence-corrected chi connectivity index (χ3v) is 5.51. The molecule has 0 atom stereocenters. The van der Waals surface area contributed by atoms with Crippen LogP contribution in [0.5, 0.6) is 0 Å². The topological polar surface area (TPSA) is 0 Å². The van der Waals surface area contributed by atoms with E-state index in [0.717, 1.165) is 18.6 Å². The van der Waals surface area contributed by atoms with Gasteiger partial charge in [-0.3, -0.25) is 0 Å². The van der Waals surface area contributed by atoms with E-state index >= 15 is 4.39 Å². The number of rotatable bonds is 4. The van der Waals surface area contributed by atoms with Crippen molar-refractivity contribution >= 4 is 11.6 Å². The number of halogens is 6. The summed E-state index contributed by atoms with van der Waals surface area (Å²) in [5.74, 6) is -6.46. The number of fused-ring (bicyclic) bond motifs is 1. The van der Waals surface area contributed by atoms with Gasteiger partial charge >= 0.3 is 0 Å². The number of benzene rings is 3. The van der Waals surface area contributed by atoms with Crippen LogP contribution in [0.25, 0.3) is 22.8 Å². The first kappa shape index (κ1) is 21.2. The number of hydrogen-bond donors (Lipinski definition) is 0. The molecule has 3 aromatic carbocycles. The lowest BCUT2D eigenvalue weighted by Crippen LogP contribution is -2.06. The Morgan fingerprint density at radius 2 is 1.39 bits per heavy atom. The molecule has 160 valence electrons. The third kappa shape index (κ3) is 3.87. The predicted octanol–water partition coefficient (Wildman–Crippen LogP) is 7.63. The van der Waals surface area contributed by atoms with Crippen molar-refractivity contribution < 1.29 is 26.3 Å². The van der Waals surface area contributed by atoms with E-state index in [0.29, 0.717) is 23.1 Å². The molecule has 0 N–H and O–H groups in total. The summed E-state index contributed by atoms with van der Waals surface area (Å²) in [7, 11) is 0. The van der Waals surface area contributed by atoms with E-state index < -0.39 is 34.9 Å². The van der Waals surface area contributed by atoms with Gasteiger partial charge in [-0.05, 0) is 71.4 Å². The molecule has 0 aromatic heterocycles. The fourth-order valence-corrected chi connectivity index (χ4v) is 4.04. The van der Waals surface area contributed by atoms with Crippen LogP contribution in [0.3, 0.4) is 0 Å². The van der Waals surface area contributed by atoms with Crippen molar-refractivity contribution in [2.75, 3.05) is 0 Å². The maximum absolute atomic E-state index is 15.1. The summed E-state index contributed by atoms with van der Waals surface area (Å²) in [6.07, 6.45) is 3.20. The van der Waals surface area contributed by atoms with Crippen molar-refractivity contribution in [2.24, 2.45) is 0 Å². The molecular weight excluding hydrogens is 414 g/mol. The lowest BCUT2D eigenvalue weighted by Gasteiger charge is -2.20. The Hall–Kier alpha value is -3.02. The lowest BCUT2D eigenvalue weighted by atomic mass is 9.85. The fraction of sp³-hybridized carbons (Fsp3) is 0.200. The van der Waals surface area contributed by atoms with Crippen molar-refractivity contribution in [1.82, 2.24) is 0 Å². The summed E-state index contributed by atoms with van der Waals surface area (Å²) in [5, 5.41) is 0. The molecule has 1 aliphatic carbocycles. The minimum atomic E-state index is -1.62. The maximum Gasteiger partial charge on any atom is 0.194 e. The summed E-state index contributed by atoms with van der Waals surface area (Å²) in [6, 6.07) is 6.94. The molecule has 0 saturated heterocycles. The molecule has 0 amide bonds. The molecule has 0 saturated carbocycles. The van der Waals surface area contributed by atoms with Crippen molar-refractivity contribution in [1.29, 1.82) is 0 Å². The van der Waals surface area contributed by atoms with Crippen LogP contribution in [0, 0.1) is 34.9 Å². The number of aryl methyl sites for hydroxylation is 1.